The molecule has 4 nitrogen and oxygen atoms in total. The number of benzene rings is 3. The first kappa shape index (κ1) is 20.6. The molecule has 144 valence electrons. The summed E-state index contributed by atoms with van der Waals surface area (Å²) in [5, 5.41) is 12.2. The number of nitriles is 1. The maximum absolute atomic E-state index is 12.4. The minimum Gasteiger partial charge on any atom is -0.489 e. The van der Waals surface area contributed by atoms with Crippen LogP contribution in [0.15, 0.2) is 78.4 Å². The molecule has 0 aromatic heterocycles. The molecule has 0 aliphatic rings. The van der Waals surface area contributed by atoms with Crippen molar-refractivity contribution in [2.45, 2.75) is 13.5 Å². The lowest BCUT2D eigenvalue weighted by atomic mass is 10.1. The first-order valence-electron chi connectivity index (χ1n) is 9.02. The Morgan fingerprint density at radius 3 is 2.45 bits per heavy atom. The molecule has 0 radical (unpaired) electrons. The normalized spacial score (nSPS) is 10.9. The lowest BCUT2D eigenvalue weighted by Crippen LogP contribution is -2.14. The quantitative estimate of drug-likeness (QED) is 0.271. The predicted octanol–water partition coefficient (Wildman–Crippen LogP) is 5.72. The van der Waals surface area contributed by atoms with E-state index in [0.29, 0.717) is 12.3 Å². The number of nitrogens with one attached hydrogen (secondary N) is 1. The van der Waals surface area contributed by atoms with E-state index in [2.05, 4.69) is 40.9 Å². The summed E-state index contributed by atoms with van der Waals surface area (Å²) >= 11 is 2.14. The summed E-state index contributed by atoms with van der Waals surface area (Å²) in [5.41, 5.74) is 3.79. The van der Waals surface area contributed by atoms with Crippen LogP contribution in [0.3, 0.4) is 0 Å². The number of rotatable bonds is 6. The second-order valence-corrected chi connectivity index (χ2v) is 7.55. The van der Waals surface area contributed by atoms with Crippen molar-refractivity contribution in [2.24, 2.45) is 0 Å². The maximum atomic E-state index is 12.4. The topological polar surface area (TPSA) is 62.1 Å². The third-order valence-corrected chi connectivity index (χ3v) is 5.27. The minimum atomic E-state index is -0.434. The van der Waals surface area contributed by atoms with Crippen molar-refractivity contribution in [3.05, 3.63) is 98.6 Å². The fourth-order valence-corrected chi connectivity index (χ4v) is 3.18. The van der Waals surface area contributed by atoms with Gasteiger partial charge in [-0.15, -0.1) is 0 Å². The Balaban J connectivity index is 1.67. The Hall–Kier alpha value is -3.11. The number of hydrogen-bond donors (Lipinski definition) is 1. The number of aryl methyl sites for hydroxylation is 1. The van der Waals surface area contributed by atoms with E-state index in [4.69, 9.17) is 4.74 Å². The van der Waals surface area contributed by atoms with Crippen molar-refractivity contribution < 1.29 is 9.53 Å². The highest BCUT2D eigenvalue weighted by Gasteiger charge is 2.11. The van der Waals surface area contributed by atoms with Crippen LogP contribution in [0.2, 0.25) is 0 Å². The third kappa shape index (κ3) is 5.69. The summed E-state index contributed by atoms with van der Waals surface area (Å²) in [6.45, 7) is 2.54. The van der Waals surface area contributed by atoms with Gasteiger partial charge in [0.15, 0.2) is 0 Å². The lowest BCUT2D eigenvalue weighted by Gasteiger charge is -2.09. The number of carbonyl (C=O) groups excluding carboxylic acids is 1. The number of carbonyl (C=O) groups is 1. The molecule has 1 N–H and O–H groups in total. The summed E-state index contributed by atoms with van der Waals surface area (Å²) < 4.78 is 6.74. The second kappa shape index (κ2) is 9.89. The molecule has 0 atom stereocenters. The van der Waals surface area contributed by atoms with E-state index >= 15 is 0 Å². The molecule has 0 heterocycles. The van der Waals surface area contributed by atoms with Crippen molar-refractivity contribution in [1.82, 2.24) is 0 Å². The summed E-state index contributed by atoms with van der Waals surface area (Å²) in [6.07, 6.45) is 1.57. The molecule has 29 heavy (non-hydrogen) atoms. The van der Waals surface area contributed by atoms with Crippen molar-refractivity contribution in [3.63, 3.8) is 0 Å². The molecular formula is C24H19IN2O2. The van der Waals surface area contributed by atoms with E-state index in [-0.39, 0.29) is 5.57 Å². The summed E-state index contributed by atoms with van der Waals surface area (Å²) in [4.78, 5) is 12.4. The van der Waals surface area contributed by atoms with Gasteiger partial charge in [0.1, 0.15) is 24.0 Å². The van der Waals surface area contributed by atoms with Crippen LogP contribution in [0.5, 0.6) is 5.75 Å². The SMILES string of the molecule is Cc1ccccc1COc1ccc(C=C(C#N)C(=O)Nc2ccccc2I)cc1. The van der Waals surface area contributed by atoms with Crippen LogP contribution < -0.4 is 10.1 Å². The van der Waals surface area contributed by atoms with Gasteiger partial charge in [0.05, 0.1) is 5.69 Å². The van der Waals surface area contributed by atoms with Crippen LogP contribution in [0.1, 0.15) is 16.7 Å². The highest BCUT2D eigenvalue weighted by Crippen LogP contribution is 2.20. The van der Waals surface area contributed by atoms with E-state index in [1.54, 1.807) is 12.1 Å². The molecule has 1 amide bonds. The van der Waals surface area contributed by atoms with Gasteiger partial charge in [-0.3, -0.25) is 4.79 Å². The molecule has 0 saturated heterocycles. The highest BCUT2D eigenvalue weighted by atomic mass is 127. The van der Waals surface area contributed by atoms with Crippen LogP contribution in [-0.2, 0) is 11.4 Å². The Kier molecular flexibility index (Phi) is 7.04. The number of hydrogen-bond acceptors (Lipinski definition) is 3. The minimum absolute atomic E-state index is 0.0400. The highest BCUT2D eigenvalue weighted by molar-refractivity contribution is 14.1. The summed E-state index contributed by atoms with van der Waals surface area (Å²) in [5.74, 6) is 0.295. The van der Waals surface area contributed by atoms with Crippen molar-refractivity contribution >= 4 is 40.3 Å². The molecule has 0 fully saturated rings. The first-order chi connectivity index (χ1) is 14.1. The Morgan fingerprint density at radius 1 is 1.07 bits per heavy atom. The smallest absolute Gasteiger partial charge is 0.266 e. The summed E-state index contributed by atoms with van der Waals surface area (Å²) in [6, 6.07) is 24.8. The molecule has 0 unspecified atom stereocenters. The molecule has 3 aromatic rings. The summed E-state index contributed by atoms with van der Waals surface area (Å²) in [7, 11) is 0. The van der Waals surface area contributed by atoms with Gasteiger partial charge in [-0.2, -0.15) is 5.26 Å². The van der Waals surface area contributed by atoms with Crippen LogP contribution in [0.25, 0.3) is 6.08 Å². The van der Waals surface area contributed by atoms with Gasteiger partial charge in [0, 0.05) is 3.57 Å². The fourth-order valence-electron chi connectivity index (χ4n) is 2.66. The number of ether oxygens (including phenoxy) is 1. The van der Waals surface area contributed by atoms with Gasteiger partial charge < -0.3 is 10.1 Å². The zero-order valence-electron chi connectivity index (χ0n) is 15.9. The van der Waals surface area contributed by atoms with Gasteiger partial charge in [-0.1, -0.05) is 48.5 Å². The maximum Gasteiger partial charge on any atom is 0.266 e. The van der Waals surface area contributed by atoms with Gasteiger partial charge in [-0.25, -0.2) is 0 Å². The van der Waals surface area contributed by atoms with Gasteiger partial charge in [-0.05, 0) is 76.5 Å². The molecular weight excluding hydrogens is 475 g/mol. The van der Waals surface area contributed by atoms with Crippen molar-refractivity contribution in [2.75, 3.05) is 5.32 Å². The van der Waals surface area contributed by atoms with Crippen molar-refractivity contribution in [3.8, 4) is 11.8 Å². The predicted molar refractivity (Wildman–Crippen MR) is 123 cm³/mol. The Morgan fingerprint density at radius 2 is 1.76 bits per heavy atom. The van der Waals surface area contributed by atoms with E-state index in [0.717, 1.165) is 20.4 Å². The molecule has 3 rings (SSSR count). The van der Waals surface area contributed by atoms with Gasteiger partial charge in [0.25, 0.3) is 5.91 Å². The zero-order valence-corrected chi connectivity index (χ0v) is 18.0. The average molecular weight is 494 g/mol. The first-order valence-corrected chi connectivity index (χ1v) is 10.1. The standard InChI is InChI=1S/C24H19IN2O2/c1-17-6-2-3-7-19(17)16-29-21-12-10-18(11-13-21)14-20(15-26)24(28)27-23-9-5-4-8-22(23)25/h2-14H,16H2,1H3,(H,27,28). The number of halogens is 1. The largest absolute Gasteiger partial charge is 0.489 e. The second-order valence-electron chi connectivity index (χ2n) is 6.39. The van der Waals surface area contributed by atoms with E-state index in [9.17, 15) is 10.1 Å². The van der Waals surface area contributed by atoms with Crippen LogP contribution >= 0.6 is 22.6 Å². The number of nitrogens with zero attached hydrogens (tertiary/aromatic N) is 1. The molecule has 3 aromatic carbocycles. The van der Waals surface area contributed by atoms with Crippen LogP contribution in [0.4, 0.5) is 5.69 Å². The molecule has 0 aliphatic heterocycles. The zero-order chi connectivity index (χ0) is 20.6. The molecule has 5 heteroatoms. The van der Waals surface area contributed by atoms with Crippen LogP contribution in [-0.4, -0.2) is 5.91 Å². The molecule has 0 bridgehead atoms. The lowest BCUT2D eigenvalue weighted by molar-refractivity contribution is -0.112. The number of para-hydroxylation sites is 1. The molecule has 0 saturated carbocycles. The monoisotopic (exact) mass is 494 g/mol. The Bertz CT molecular complexity index is 1080. The molecule has 0 spiro atoms. The van der Waals surface area contributed by atoms with Crippen LogP contribution in [0, 0.1) is 21.8 Å². The average Bonchev–Trinajstić information content (AvgIpc) is 2.74. The number of anilines is 1. The Labute approximate surface area is 184 Å². The van der Waals surface area contributed by atoms with Gasteiger partial charge >= 0.3 is 0 Å². The van der Waals surface area contributed by atoms with E-state index in [1.165, 1.54) is 5.56 Å². The third-order valence-electron chi connectivity index (χ3n) is 4.33. The van der Waals surface area contributed by atoms with E-state index in [1.807, 2.05) is 66.7 Å². The molecule has 0 aliphatic carbocycles. The number of amides is 1. The van der Waals surface area contributed by atoms with E-state index < -0.39 is 5.91 Å². The van der Waals surface area contributed by atoms with Gasteiger partial charge in [0.2, 0.25) is 0 Å². The van der Waals surface area contributed by atoms with Crippen molar-refractivity contribution in [1.29, 1.82) is 5.26 Å². The fraction of sp³-hybridized carbons (Fsp3) is 0.0833.